The van der Waals surface area contributed by atoms with Crippen molar-refractivity contribution in [1.29, 1.82) is 0 Å². The summed E-state index contributed by atoms with van der Waals surface area (Å²) in [4.78, 5) is 2.95. The Hall–Kier alpha value is -0.0800. The van der Waals surface area contributed by atoms with Crippen molar-refractivity contribution in [3.05, 3.63) is 0 Å². The van der Waals surface area contributed by atoms with Crippen molar-refractivity contribution in [3.63, 3.8) is 0 Å². The lowest BCUT2D eigenvalue weighted by Crippen LogP contribution is -2.52. The van der Waals surface area contributed by atoms with Crippen LogP contribution < -0.4 is 5.32 Å². The van der Waals surface area contributed by atoms with Crippen LogP contribution in [0.2, 0.25) is 0 Å². The Morgan fingerprint density at radius 1 is 0.857 bits per heavy atom. The average Bonchev–Trinajstić information content (AvgIpc) is 2.53. The van der Waals surface area contributed by atoms with E-state index in [-0.39, 0.29) is 0 Å². The van der Waals surface area contributed by atoms with Crippen LogP contribution in [0.3, 0.4) is 0 Å². The lowest BCUT2D eigenvalue weighted by Gasteiger charge is -2.44. The van der Waals surface area contributed by atoms with Crippen LogP contribution in [0.5, 0.6) is 0 Å². The van der Waals surface area contributed by atoms with Gasteiger partial charge < -0.3 is 5.32 Å². The second-order valence-electron chi connectivity index (χ2n) is 7.69. The monoisotopic (exact) mass is 294 g/mol. The topological polar surface area (TPSA) is 15.3 Å². The smallest absolute Gasteiger partial charge is 0.0218 e. The van der Waals surface area contributed by atoms with Crippen LogP contribution in [0.4, 0.5) is 0 Å². The predicted molar refractivity (Wildman–Crippen MR) is 92.8 cm³/mol. The summed E-state index contributed by atoms with van der Waals surface area (Å²) >= 11 is 0. The van der Waals surface area contributed by atoms with Gasteiger partial charge >= 0.3 is 0 Å². The van der Waals surface area contributed by atoms with Crippen LogP contribution in [0, 0.1) is 5.92 Å². The highest BCUT2D eigenvalue weighted by atomic mass is 15.2. The van der Waals surface area contributed by atoms with Gasteiger partial charge in [0.1, 0.15) is 0 Å². The molecule has 2 fully saturated rings. The standard InChI is InChI=1S/C19H38N2/c1-4-20-19(16(2)3)15-21(17-11-7-5-8-12-17)18-13-9-6-10-14-18/h16-20H,4-15H2,1-3H3. The minimum Gasteiger partial charge on any atom is -0.313 e. The fourth-order valence-corrected chi connectivity index (χ4v) is 4.42. The van der Waals surface area contributed by atoms with E-state index in [1.807, 2.05) is 0 Å². The van der Waals surface area contributed by atoms with Gasteiger partial charge in [0.25, 0.3) is 0 Å². The van der Waals surface area contributed by atoms with Gasteiger partial charge in [0.15, 0.2) is 0 Å². The highest BCUT2D eigenvalue weighted by molar-refractivity contribution is 4.87. The number of hydrogen-bond acceptors (Lipinski definition) is 2. The molecule has 1 unspecified atom stereocenters. The minimum atomic E-state index is 0.666. The molecule has 0 bridgehead atoms. The third kappa shape index (κ3) is 5.25. The van der Waals surface area contributed by atoms with E-state index in [2.05, 4.69) is 31.0 Å². The Kier molecular flexibility index (Phi) is 7.53. The van der Waals surface area contributed by atoms with E-state index in [0.29, 0.717) is 6.04 Å². The summed E-state index contributed by atoms with van der Waals surface area (Å²) in [7, 11) is 0. The quantitative estimate of drug-likeness (QED) is 0.739. The van der Waals surface area contributed by atoms with Crippen molar-refractivity contribution in [1.82, 2.24) is 10.2 Å². The van der Waals surface area contributed by atoms with Crippen LogP contribution in [0.25, 0.3) is 0 Å². The first-order valence-electron chi connectivity index (χ1n) is 9.71. The van der Waals surface area contributed by atoms with E-state index in [4.69, 9.17) is 0 Å². The molecule has 0 aromatic rings. The molecule has 0 amide bonds. The molecular weight excluding hydrogens is 256 g/mol. The molecule has 2 nitrogen and oxygen atoms in total. The molecule has 1 atom stereocenters. The molecule has 0 spiro atoms. The van der Waals surface area contributed by atoms with Crippen molar-refractivity contribution in [2.24, 2.45) is 5.92 Å². The highest BCUT2D eigenvalue weighted by Gasteiger charge is 2.30. The van der Waals surface area contributed by atoms with Gasteiger partial charge in [-0.05, 0) is 38.1 Å². The first-order chi connectivity index (χ1) is 10.2. The first kappa shape index (κ1) is 17.3. The zero-order valence-electron chi connectivity index (χ0n) is 14.7. The molecular formula is C19H38N2. The van der Waals surface area contributed by atoms with Crippen molar-refractivity contribution in [2.75, 3.05) is 13.1 Å². The summed E-state index contributed by atoms with van der Waals surface area (Å²) < 4.78 is 0. The molecule has 2 aliphatic carbocycles. The van der Waals surface area contributed by atoms with Gasteiger partial charge in [-0.1, -0.05) is 59.3 Å². The molecule has 2 saturated carbocycles. The van der Waals surface area contributed by atoms with E-state index in [1.165, 1.54) is 70.8 Å². The minimum absolute atomic E-state index is 0.666. The van der Waals surface area contributed by atoms with Crippen LogP contribution in [-0.2, 0) is 0 Å². The Balaban J connectivity index is 2.01. The van der Waals surface area contributed by atoms with Gasteiger partial charge in [0.05, 0.1) is 0 Å². The first-order valence-corrected chi connectivity index (χ1v) is 9.71. The van der Waals surface area contributed by atoms with Crippen molar-refractivity contribution >= 4 is 0 Å². The number of nitrogens with one attached hydrogen (secondary N) is 1. The summed E-state index contributed by atoms with van der Waals surface area (Å²) in [6.45, 7) is 9.40. The van der Waals surface area contributed by atoms with Crippen molar-refractivity contribution < 1.29 is 0 Å². The van der Waals surface area contributed by atoms with Crippen LogP contribution in [0.15, 0.2) is 0 Å². The van der Waals surface area contributed by atoms with E-state index < -0.39 is 0 Å². The molecule has 1 N–H and O–H groups in total. The third-order valence-corrected chi connectivity index (χ3v) is 5.77. The number of nitrogens with zero attached hydrogens (tertiary/aromatic N) is 1. The fourth-order valence-electron chi connectivity index (χ4n) is 4.42. The van der Waals surface area contributed by atoms with Crippen LogP contribution in [-0.4, -0.2) is 36.1 Å². The number of rotatable bonds is 7. The van der Waals surface area contributed by atoms with Crippen molar-refractivity contribution in [3.8, 4) is 0 Å². The largest absolute Gasteiger partial charge is 0.313 e. The number of hydrogen-bond donors (Lipinski definition) is 1. The zero-order chi connectivity index (χ0) is 15.1. The summed E-state index contributed by atoms with van der Waals surface area (Å²) in [6.07, 6.45) is 14.6. The van der Waals surface area contributed by atoms with Gasteiger partial charge in [-0.15, -0.1) is 0 Å². The number of likely N-dealkylation sites (N-methyl/N-ethyl adjacent to an activating group) is 1. The Morgan fingerprint density at radius 3 is 1.71 bits per heavy atom. The average molecular weight is 295 g/mol. The molecule has 2 heteroatoms. The van der Waals surface area contributed by atoms with Gasteiger partial charge in [0.2, 0.25) is 0 Å². The molecule has 0 aromatic carbocycles. The second kappa shape index (κ2) is 9.15. The zero-order valence-corrected chi connectivity index (χ0v) is 14.7. The van der Waals surface area contributed by atoms with E-state index in [9.17, 15) is 0 Å². The molecule has 0 radical (unpaired) electrons. The Labute approximate surface area is 133 Å². The predicted octanol–water partition coefficient (Wildman–Crippen LogP) is 4.59. The van der Waals surface area contributed by atoms with Crippen LogP contribution in [0.1, 0.15) is 85.0 Å². The molecule has 0 aromatic heterocycles. The van der Waals surface area contributed by atoms with Gasteiger partial charge in [-0.25, -0.2) is 0 Å². The van der Waals surface area contributed by atoms with Gasteiger partial charge in [0, 0.05) is 24.7 Å². The van der Waals surface area contributed by atoms with E-state index in [0.717, 1.165) is 24.5 Å². The maximum Gasteiger partial charge on any atom is 0.0218 e. The normalized spacial score (nSPS) is 23.9. The van der Waals surface area contributed by atoms with Gasteiger partial charge in [-0.2, -0.15) is 0 Å². The maximum absolute atomic E-state index is 3.75. The van der Waals surface area contributed by atoms with Crippen molar-refractivity contribution in [2.45, 2.75) is 103 Å². The maximum atomic E-state index is 3.75. The molecule has 0 heterocycles. The van der Waals surface area contributed by atoms with E-state index in [1.54, 1.807) is 0 Å². The Morgan fingerprint density at radius 2 is 1.33 bits per heavy atom. The third-order valence-electron chi connectivity index (χ3n) is 5.77. The molecule has 21 heavy (non-hydrogen) atoms. The lowest BCUT2D eigenvalue weighted by atomic mass is 9.87. The Bertz CT molecular complexity index is 247. The summed E-state index contributed by atoms with van der Waals surface area (Å²) in [6, 6.07) is 2.42. The second-order valence-corrected chi connectivity index (χ2v) is 7.69. The molecule has 2 rings (SSSR count). The lowest BCUT2D eigenvalue weighted by molar-refractivity contribution is 0.0643. The molecule has 124 valence electrons. The molecule has 0 saturated heterocycles. The SMILES string of the molecule is CCNC(CN(C1CCCCC1)C1CCCCC1)C(C)C. The molecule has 0 aliphatic heterocycles. The van der Waals surface area contributed by atoms with Gasteiger partial charge in [-0.3, -0.25) is 4.90 Å². The molecule has 2 aliphatic rings. The summed E-state index contributed by atoms with van der Waals surface area (Å²) in [5, 5.41) is 3.75. The van der Waals surface area contributed by atoms with Crippen LogP contribution >= 0.6 is 0 Å². The summed E-state index contributed by atoms with van der Waals surface area (Å²) in [5.74, 6) is 0.736. The summed E-state index contributed by atoms with van der Waals surface area (Å²) in [5.41, 5.74) is 0. The fraction of sp³-hybridized carbons (Fsp3) is 1.00. The highest BCUT2D eigenvalue weighted by Crippen LogP contribution is 2.30. The van der Waals surface area contributed by atoms with E-state index >= 15 is 0 Å².